The first-order valence-electron chi connectivity index (χ1n) is 8.35. The minimum Gasteiger partial charge on any atom is -0.362 e. The van der Waals surface area contributed by atoms with Gasteiger partial charge in [-0.3, -0.25) is 14.9 Å². The third-order valence-electron chi connectivity index (χ3n) is 4.60. The van der Waals surface area contributed by atoms with E-state index in [1.165, 1.54) is 19.3 Å². The van der Waals surface area contributed by atoms with Gasteiger partial charge in [0.1, 0.15) is 18.3 Å². The Bertz CT molecular complexity index is 968. The Labute approximate surface area is 156 Å². The fourth-order valence-electron chi connectivity index (χ4n) is 2.87. The standard InChI is InChI=1S/C19H19N5O3/c1-13(15-4-7-17(8-5-15)23-12-20-11-21-23)22(3)18-9-6-16(14(2)25)10-19(18)24(26)27/h4-13H,1-3H3. The summed E-state index contributed by atoms with van der Waals surface area (Å²) in [6.45, 7) is 3.36. The van der Waals surface area contributed by atoms with Crippen LogP contribution in [0.25, 0.3) is 5.69 Å². The summed E-state index contributed by atoms with van der Waals surface area (Å²) in [6, 6.07) is 12.2. The van der Waals surface area contributed by atoms with Gasteiger partial charge in [-0.25, -0.2) is 9.67 Å². The van der Waals surface area contributed by atoms with Gasteiger partial charge in [-0.15, -0.1) is 0 Å². The van der Waals surface area contributed by atoms with Crippen molar-refractivity contribution in [3.63, 3.8) is 0 Å². The number of nitro benzene ring substituents is 1. The number of anilines is 1. The fourth-order valence-corrected chi connectivity index (χ4v) is 2.87. The van der Waals surface area contributed by atoms with Crippen molar-refractivity contribution < 1.29 is 9.72 Å². The molecule has 0 aliphatic carbocycles. The molecule has 0 bridgehead atoms. The lowest BCUT2D eigenvalue weighted by Crippen LogP contribution is -2.22. The maximum absolute atomic E-state index is 11.5. The number of nitro groups is 1. The predicted octanol–water partition coefficient (Wildman–Crippen LogP) is 3.58. The van der Waals surface area contributed by atoms with E-state index in [1.807, 2.05) is 36.1 Å². The van der Waals surface area contributed by atoms with Crippen molar-refractivity contribution in [1.29, 1.82) is 0 Å². The third kappa shape index (κ3) is 3.69. The van der Waals surface area contributed by atoms with E-state index in [0.29, 0.717) is 11.3 Å². The van der Waals surface area contributed by atoms with Crippen LogP contribution in [0.5, 0.6) is 0 Å². The van der Waals surface area contributed by atoms with Gasteiger partial charge in [0.05, 0.1) is 16.7 Å². The molecule has 27 heavy (non-hydrogen) atoms. The minimum absolute atomic E-state index is 0.0868. The highest BCUT2D eigenvalue weighted by molar-refractivity contribution is 5.95. The number of Topliss-reactive ketones (excluding diaryl/α,β-unsaturated/α-hetero) is 1. The summed E-state index contributed by atoms with van der Waals surface area (Å²) in [5.74, 6) is -0.205. The Balaban J connectivity index is 1.90. The number of aromatic nitrogens is 3. The van der Waals surface area contributed by atoms with Gasteiger partial charge in [0.15, 0.2) is 5.78 Å². The molecule has 1 atom stereocenters. The van der Waals surface area contributed by atoms with E-state index in [0.717, 1.165) is 11.3 Å². The number of benzene rings is 2. The zero-order valence-electron chi connectivity index (χ0n) is 15.2. The summed E-state index contributed by atoms with van der Waals surface area (Å²) in [5, 5.41) is 15.6. The molecule has 0 aliphatic heterocycles. The highest BCUT2D eigenvalue weighted by atomic mass is 16.6. The van der Waals surface area contributed by atoms with E-state index in [1.54, 1.807) is 30.2 Å². The fraction of sp³-hybridized carbons (Fsp3) is 0.211. The van der Waals surface area contributed by atoms with Gasteiger partial charge < -0.3 is 4.90 Å². The molecule has 0 fully saturated rings. The topological polar surface area (TPSA) is 94.2 Å². The zero-order valence-corrected chi connectivity index (χ0v) is 15.2. The van der Waals surface area contributed by atoms with Crippen molar-refractivity contribution in [2.24, 2.45) is 0 Å². The molecule has 0 saturated carbocycles. The molecule has 0 spiro atoms. The molecule has 0 amide bonds. The lowest BCUT2D eigenvalue weighted by atomic mass is 10.0. The normalized spacial score (nSPS) is 11.8. The number of hydrogen-bond acceptors (Lipinski definition) is 6. The van der Waals surface area contributed by atoms with E-state index < -0.39 is 4.92 Å². The molecule has 138 valence electrons. The van der Waals surface area contributed by atoms with Crippen LogP contribution in [0, 0.1) is 10.1 Å². The minimum atomic E-state index is -0.460. The second-order valence-corrected chi connectivity index (χ2v) is 6.24. The Kier molecular flexibility index (Phi) is 4.98. The molecule has 8 heteroatoms. The van der Waals surface area contributed by atoms with Gasteiger partial charge in [-0.1, -0.05) is 12.1 Å². The summed E-state index contributed by atoms with van der Waals surface area (Å²) in [6.07, 6.45) is 3.08. The second kappa shape index (κ2) is 7.36. The number of hydrogen-bond donors (Lipinski definition) is 0. The molecule has 0 aliphatic rings. The lowest BCUT2D eigenvalue weighted by Gasteiger charge is -2.27. The van der Waals surface area contributed by atoms with E-state index in [2.05, 4.69) is 10.1 Å². The van der Waals surface area contributed by atoms with Gasteiger partial charge in [0.2, 0.25) is 0 Å². The molecule has 8 nitrogen and oxygen atoms in total. The quantitative estimate of drug-likeness (QED) is 0.376. The van der Waals surface area contributed by atoms with Gasteiger partial charge in [-0.2, -0.15) is 5.10 Å². The Morgan fingerprint density at radius 1 is 1.22 bits per heavy atom. The van der Waals surface area contributed by atoms with E-state index >= 15 is 0 Å². The van der Waals surface area contributed by atoms with Crippen LogP contribution >= 0.6 is 0 Å². The SMILES string of the molecule is CC(=O)c1ccc(N(C)C(C)c2ccc(-n3cncn3)cc2)c([N+](=O)[O-])c1. The average Bonchev–Trinajstić information content (AvgIpc) is 3.21. The molecule has 1 heterocycles. The maximum Gasteiger partial charge on any atom is 0.293 e. The molecule has 0 N–H and O–H groups in total. The zero-order chi connectivity index (χ0) is 19.6. The molecule has 1 aromatic heterocycles. The summed E-state index contributed by atoms with van der Waals surface area (Å²) in [7, 11) is 1.80. The van der Waals surface area contributed by atoms with Gasteiger partial charge >= 0.3 is 0 Å². The van der Waals surface area contributed by atoms with Crippen molar-refractivity contribution in [2.75, 3.05) is 11.9 Å². The third-order valence-corrected chi connectivity index (χ3v) is 4.60. The van der Waals surface area contributed by atoms with E-state index in [9.17, 15) is 14.9 Å². The number of nitrogens with zero attached hydrogens (tertiary/aromatic N) is 5. The molecular formula is C19H19N5O3. The summed E-state index contributed by atoms with van der Waals surface area (Å²) >= 11 is 0. The van der Waals surface area contributed by atoms with Crippen LogP contribution in [-0.4, -0.2) is 32.5 Å². The average molecular weight is 365 g/mol. The first kappa shape index (κ1) is 18.2. The first-order chi connectivity index (χ1) is 12.9. The number of carbonyl (C=O) groups is 1. The van der Waals surface area contributed by atoms with Crippen molar-refractivity contribution in [3.8, 4) is 5.69 Å². The van der Waals surface area contributed by atoms with Crippen LogP contribution in [0.2, 0.25) is 0 Å². The van der Waals surface area contributed by atoms with Crippen LogP contribution in [0.4, 0.5) is 11.4 Å². The van der Waals surface area contributed by atoms with Gasteiger partial charge in [0, 0.05) is 18.7 Å². The van der Waals surface area contributed by atoms with E-state index in [-0.39, 0.29) is 17.5 Å². The van der Waals surface area contributed by atoms with Crippen molar-refractivity contribution in [1.82, 2.24) is 14.8 Å². The number of rotatable bonds is 6. The Hall–Kier alpha value is -3.55. The number of ketones is 1. The molecule has 1 unspecified atom stereocenters. The molecule has 3 rings (SSSR count). The smallest absolute Gasteiger partial charge is 0.293 e. The molecule has 3 aromatic rings. The first-order valence-corrected chi connectivity index (χ1v) is 8.35. The summed E-state index contributed by atoms with van der Waals surface area (Å²) < 4.78 is 1.66. The Morgan fingerprint density at radius 2 is 1.93 bits per heavy atom. The molecule has 0 saturated heterocycles. The van der Waals surface area contributed by atoms with Gasteiger partial charge in [0.25, 0.3) is 5.69 Å². The highest BCUT2D eigenvalue weighted by Gasteiger charge is 2.22. The van der Waals surface area contributed by atoms with Gasteiger partial charge in [-0.05, 0) is 43.7 Å². The largest absolute Gasteiger partial charge is 0.362 e. The van der Waals surface area contributed by atoms with Crippen LogP contribution in [0.15, 0.2) is 55.1 Å². The predicted molar refractivity (Wildman–Crippen MR) is 101 cm³/mol. The van der Waals surface area contributed by atoms with Crippen molar-refractivity contribution in [3.05, 3.63) is 76.4 Å². The molecule has 0 radical (unpaired) electrons. The number of carbonyl (C=O) groups excluding carboxylic acids is 1. The van der Waals surface area contributed by atoms with Crippen LogP contribution in [0.1, 0.15) is 35.8 Å². The monoisotopic (exact) mass is 365 g/mol. The maximum atomic E-state index is 11.5. The second-order valence-electron chi connectivity index (χ2n) is 6.24. The lowest BCUT2D eigenvalue weighted by molar-refractivity contribution is -0.384. The molecular weight excluding hydrogens is 346 g/mol. The summed E-state index contributed by atoms with van der Waals surface area (Å²) in [5.41, 5.74) is 2.56. The molecule has 2 aromatic carbocycles. The van der Waals surface area contributed by atoms with Crippen LogP contribution in [-0.2, 0) is 0 Å². The van der Waals surface area contributed by atoms with Crippen LogP contribution in [0.3, 0.4) is 0 Å². The van der Waals surface area contributed by atoms with Crippen molar-refractivity contribution in [2.45, 2.75) is 19.9 Å². The highest BCUT2D eigenvalue weighted by Crippen LogP contribution is 2.34. The van der Waals surface area contributed by atoms with Crippen LogP contribution < -0.4 is 4.90 Å². The Morgan fingerprint density at radius 3 is 2.48 bits per heavy atom. The van der Waals surface area contributed by atoms with E-state index in [4.69, 9.17) is 0 Å². The summed E-state index contributed by atoms with van der Waals surface area (Å²) in [4.78, 5) is 28.3. The van der Waals surface area contributed by atoms with Crippen molar-refractivity contribution >= 4 is 17.2 Å².